The summed E-state index contributed by atoms with van der Waals surface area (Å²) in [6.07, 6.45) is 1.09. The summed E-state index contributed by atoms with van der Waals surface area (Å²) >= 11 is 5.47. The van der Waals surface area contributed by atoms with Gasteiger partial charge < -0.3 is 0 Å². The zero-order chi connectivity index (χ0) is 10.8. The molecule has 0 bridgehead atoms. The van der Waals surface area contributed by atoms with Gasteiger partial charge in [-0.25, -0.2) is 18.7 Å². The van der Waals surface area contributed by atoms with Crippen LogP contribution in [0.1, 0.15) is 0 Å². The Morgan fingerprint density at radius 1 is 1.07 bits per heavy atom. The van der Waals surface area contributed by atoms with Crippen molar-refractivity contribution in [2.45, 2.75) is 0 Å². The Hall–Kier alpha value is -1.55. The summed E-state index contributed by atoms with van der Waals surface area (Å²) < 4.78 is 26.8. The molecule has 1 heterocycles. The fraction of sp³-hybridized carbons (Fsp3) is 0. The van der Waals surface area contributed by atoms with E-state index in [4.69, 9.17) is 11.6 Å². The number of halogens is 3. The predicted octanol–water partition coefficient (Wildman–Crippen LogP) is 3.08. The second kappa shape index (κ2) is 3.90. The van der Waals surface area contributed by atoms with Crippen LogP contribution in [0.2, 0.25) is 5.15 Å². The van der Waals surface area contributed by atoms with Gasteiger partial charge in [0, 0.05) is 5.56 Å². The summed E-state index contributed by atoms with van der Waals surface area (Å²) in [5, 5.41) is -0.316. The van der Waals surface area contributed by atoms with Crippen LogP contribution in [0.4, 0.5) is 8.78 Å². The lowest BCUT2D eigenvalue weighted by Gasteiger charge is -2.03. The molecule has 0 fully saturated rings. The monoisotopic (exact) mass is 226 g/mol. The quantitative estimate of drug-likeness (QED) is 0.699. The smallest absolute Gasteiger partial charge is 0.186 e. The standard InChI is InChI=1S/C10H5ClF2N2/c11-10-8(13)9(14-5-15-10)6-3-1-2-4-7(6)12/h1-5H. The minimum Gasteiger partial charge on any atom is -0.233 e. The maximum Gasteiger partial charge on any atom is 0.186 e. The van der Waals surface area contributed by atoms with Crippen LogP contribution in [0.5, 0.6) is 0 Å². The SMILES string of the molecule is Fc1ccccc1-c1ncnc(Cl)c1F. The molecule has 2 aromatic rings. The number of hydrogen-bond donors (Lipinski definition) is 0. The Bertz CT molecular complexity index is 503. The first-order chi connectivity index (χ1) is 7.20. The number of rotatable bonds is 1. The third-order valence-electron chi connectivity index (χ3n) is 1.88. The van der Waals surface area contributed by atoms with Gasteiger partial charge in [0.1, 0.15) is 17.8 Å². The molecular formula is C10H5ClF2N2. The molecule has 2 nitrogen and oxygen atoms in total. The third kappa shape index (κ3) is 1.80. The third-order valence-corrected chi connectivity index (χ3v) is 2.14. The molecule has 2 rings (SSSR count). The van der Waals surface area contributed by atoms with Crippen LogP contribution in [-0.4, -0.2) is 9.97 Å². The number of nitrogens with zero attached hydrogens (tertiary/aromatic N) is 2. The molecule has 0 unspecified atom stereocenters. The van der Waals surface area contributed by atoms with E-state index in [-0.39, 0.29) is 16.4 Å². The van der Waals surface area contributed by atoms with E-state index >= 15 is 0 Å². The highest BCUT2D eigenvalue weighted by Gasteiger charge is 2.14. The maximum atomic E-state index is 13.4. The highest BCUT2D eigenvalue weighted by molar-refractivity contribution is 6.29. The van der Waals surface area contributed by atoms with Gasteiger partial charge in [-0.2, -0.15) is 0 Å². The molecule has 5 heteroatoms. The van der Waals surface area contributed by atoms with E-state index in [1.54, 1.807) is 6.07 Å². The lowest BCUT2D eigenvalue weighted by molar-refractivity contribution is 0.607. The van der Waals surface area contributed by atoms with Crippen LogP contribution in [0.3, 0.4) is 0 Å². The van der Waals surface area contributed by atoms with Crippen molar-refractivity contribution in [3.8, 4) is 11.3 Å². The van der Waals surface area contributed by atoms with Crippen molar-refractivity contribution in [3.63, 3.8) is 0 Å². The minimum absolute atomic E-state index is 0.0688. The Balaban J connectivity index is 2.65. The van der Waals surface area contributed by atoms with Crippen LogP contribution in [0.25, 0.3) is 11.3 Å². The molecule has 0 saturated heterocycles. The molecule has 15 heavy (non-hydrogen) atoms. The summed E-state index contributed by atoms with van der Waals surface area (Å²) in [5.74, 6) is -1.37. The minimum atomic E-state index is -0.815. The van der Waals surface area contributed by atoms with Crippen molar-refractivity contribution in [3.05, 3.63) is 47.4 Å². The van der Waals surface area contributed by atoms with Crippen molar-refractivity contribution >= 4 is 11.6 Å². The second-order valence-corrected chi connectivity index (χ2v) is 3.16. The molecule has 1 aromatic carbocycles. The summed E-state index contributed by atoms with van der Waals surface area (Å²) in [7, 11) is 0. The highest BCUT2D eigenvalue weighted by Crippen LogP contribution is 2.25. The van der Waals surface area contributed by atoms with Crippen LogP contribution < -0.4 is 0 Å². The van der Waals surface area contributed by atoms with E-state index in [0.29, 0.717) is 0 Å². The number of benzene rings is 1. The van der Waals surface area contributed by atoms with E-state index in [2.05, 4.69) is 9.97 Å². The van der Waals surface area contributed by atoms with Gasteiger partial charge >= 0.3 is 0 Å². The summed E-state index contributed by atoms with van der Waals surface area (Å²) in [4.78, 5) is 7.11. The molecule has 0 amide bonds. The molecule has 1 aromatic heterocycles. The van der Waals surface area contributed by atoms with Crippen molar-refractivity contribution in [1.29, 1.82) is 0 Å². The molecule has 0 aliphatic carbocycles. The van der Waals surface area contributed by atoms with Crippen LogP contribution in [-0.2, 0) is 0 Å². The average molecular weight is 227 g/mol. The van der Waals surface area contributed by atoms with Gasteiger partial charge in [-0.1, -0.05) is 23.7 Å². The second-order valence-electron chi connectivity index (χ2n) is 2.81. The number of hydrogen-bond acceptors (Lipinski definition) is 2. The first-order valence-electron chi connectivity index (χ1n) is 4.11. The fourth-order valence-corrected chi connectivity index (χ4v) is 1.32. The topological polar surface area (TPSA) is 25.8 Å². The summed E-state index contributed by atoms with van der Waals surface area (Å²) in [5.41, 5.74) is -0.0626. The molecule has 0 aliphatic heterocycles. The lowest BCUT2D eigenvalue weighted by Crippen LogP contribution is -1.94. The van der Waals surface area contributed by atoms with E-state index in [1.165, 1.54) is 18.2 Å². The molecule has 0 saturated carbocycles. The first kappa shape index (κ1) is 9.98. The van der Waals surface area contributed by atoms with E-state index in [9.17, 15) is 8.78 Å². The Kier molecular flexibility index (Phi) is 2.60. The van der Waals surface area contributed by atoms with Crippen molar-refractivity contribution in [2.75, 3.05) is 0 Å². The highest BCUT2D eigenvalue weighted by atomic mass is 35.5. The number of aromatic nitrogens is 2. The molecule has 0 atom stereocenters. The van der Waals surface area contributed by atoms with Gasteiger partial charge in [-0.05, 0) is 12.1 Å². The zero-order valence-electron chi connectivity index (χ0n) is 7.42. The van der Waals surface area contributed by atoms with Gasteiger partial charge in [0.05, 0.1) is 0 Å². The fourth-order valence-electron chi connectivity index (χ4n) is 1.19. The van der Waals surface area contributed by atoms with E-state index in [1.807, 2.05) is 0 Å². The lowest BCUT2D eigenvalue weighted by atomic mass is 10.1. The van der Waals surface area contributed by atoms with Crippen LogP contribution in [0.15, 0.2) is 30.6 Å². The largest absolute Gasteiger partial charge is 0.233 e. The summed E-state index contributed by atoms with van der Waals surface area (Å²) in [6.45, 7) is 0. The molecule has 0 aliphatic rings. The molecule has 0 spiro atoms. The normalized spacial score (nSPS) is 10.3. The molecule has 0 radical (unpaired) electrons. The molecule has 0 N–H and O–H groups in total. The maximum absolute atomic E-state index is 13.4. The van der Waals surface area contributed by atoms with Gasteiger partial charge in [0.15, 0.2) is 11.0 Å². The van der Waals surface area contributed by atoms with Gasteiger partial charge in [0.25, 0.3) is 0 Å². The zero-order valence-corrected chi connectivity index (χ0v) is 8.17. The van der Waals surface area contributed by atoms with Crippen molar-refractivity contribution in [1.82, 2.24) is 9.97 Å². The van der Waals surface area contributed by atoms with Gasteiger partial charge in [-0.3, -0.25) is 0 Å². The van der Waals surface area contributed by atoms with Gasteiger partial charge in [0.2, 0.25) is 0 Å². The van der Waals surface area contributed by atoms with E-state index in [0.717, 1.165) is 6.33 Å². The Morgan fingerprint density at radius 3 is 2.53 bits per heavy atom. The van der Waals surface area contributed by atoms with Crippen LogP contribution in [0, 0.1) is 11.6 Å². The van der Waals surface area contributed by atoms with Crippen LogP contribution >= 0.6 is 11.6 Å². The Morgan fingerprint density at radius 2 is 1.80 bits per heavy atom. The van der Waals surface area contributed by atoms with Gasteiger partial charge in [-0.15, -0.1) is 0 Å². The molecular weight excluding hydrogens is 222 g/mol. The molecule has 76 valence electrons. The predicted molar refractivity (Wildman–Crippen MR) is 52.4 cm³/mol. The first-order valence-corrected chi connectivity index (χ1v) is 4.49. The van der Waals surface area contributed by atoms with Crippen molar-refractivity contribution in [2.24, 2.45) is 0 Å². The van der Waals surface area contributed by atoms with Crippen molar-refractivity contribution < 1.29 is 8.78 Å². The average Bonchev–Trinajstić information content (AvgIpc) is 2.23. The summed E-state index contributed by atoms with van der Waals surface area (Å²) in [6, 6.07) is 5.76. The van der Waals surface area contributed by atoms with E-state index < -0.39 is 11.6 Å². The Labute approximate surface area is 89.6 Å².